The van der Waals surface area contributed by atoms with E-state index in [0.717, 1.165) is 38.5 Å². The highest BCUT2D eigenvalue weighted by atomic mass is 16.3. The highest BCUT2D eigenvalue weighted by Crippen LogP contribution is 2.35. The summed E-state index contributed by atoms with van der Waals surface area (Å²) >= 11 is 0. The van der Waals surface area contributed by atoms with Crippen LogP contribution in [0.5, 0.6) is 0 Å². The zero-order valence-corrected chi connectivity index (χ0v) is 14.3. The summed E-state index contributed by atoms with van der Waals surface area (Å²) in [5.74, 6) is 1.10. The monoisotopic (exact) mass is 326 g/mol. The molecule has 2 heterocycles. The molecule has 0 amide bonds. The summed E-state index contributed by atoms with van der Waals surface area (Å²) in [5, 5.41) is 15.3. The molecule has 1 aromatic carbocycles. The Bertz CT molecular complexity index is 721. The Morgan fingerprint density at radius 3 is 2.71 bits per heavy atom. The Balaban J connectivity index is 1.65. The van der Waals surface area contributed by atoms with Gasteiger partial charge in [-0.15, -0.1) is 0 Å². The number of fused-ring (bicyclic) bond motifs is 1. The number of anilines is 2. The van der Waals surface area contributed by atoms with Gasteiger partial charge in [-0.3, -0.25) is 4.90 Å². The lowest BCUT2D eigenvalue weighted by Gasteiger charge is -2.35. The van der Waals surface area contributed by atoms with Crippen LogP contribution in [-0.2, 0) is 0 Å². The number of hydrogen-bond acceptors (Lipinski definition) is 5. The van der Waals surface area contributed by atoms with Crippen molar-refractivity contribution in [3.63, 3.8) is 0 Å². The van der Waals surface area contributed by atoms with Crippen LogP contribution in [0.1, 0.15) is 18.4 Å². The van der Waals surface area contributed by atoms with Crippen LogP contribution in [0.3, 0.4) is 0 Å². The molecule has 5 heteroatoms. The second-order valence-electron chi connectivity index (χ2n) is 6.96. The molecule has 5 nitrogen and oxygen atoms in total. The van der Waals surface area contributed by atoms with Gasteiger partial charge in [0.1, 0.15) is 5.82 Å². The zero-order valence-electron chi connectivity index (χ0n) is 14.3. The standard InChI is InChI=1S/C19H26N4O/c1-14-3-2-4-16-18(14)17(21-15-5-6-15)13-20-19(16)23-9-7-22(8-10-23)11-12-24/h2-4,13,15,21,24H,5-12H2,1H3. The summed E-state index contributed by atoms with van der Waals surface area (Å²) in [6.45, 7) is 7.09. The first-order chi connectivity index (χ1) is 11.8. The van der Waals surface area contributed by atoms with Gasteiger partial charge in [0.2, 0.25) is 0 Å². The van der Waals surface area contributed by atoms with Crippen LogP contribution in [0.2, 0.25) is 0 Å². The third kappa shape index (κ3) is 3.06. The first kappa shape index (κ1) is 15.7. The largest absolute Gasteiger partial charge is 0.395 e. The minimum atomic E-state index is 0.238. The molecule has 2 N–H and O–H groups in total. The molecular weight excluding hydrogens is 300 g/mol. The fourth-order valence-corrected chi connectivity index (χ4v) is 3.61. The van der Waals surface area contributed by atoms with Crippen molar-refractivity contribution < 1.29 is 5.11 Å². The molecule has 1 saturated carbocycles. The second-order valence-corrected chi connectivity index (χ2v) is 6.96. The van der Waals surface area contributed by atoms with E-state index in [9.17, 15) is 0 Å². The smallest absolute Gasteiger partial charge is 0.136 e. The third-order valence-corrected chi connectivity index (χ3v) is 5.12. The molecule has 0 radical (unpaired) electrons. The van der Waals surface area contributed by atoms with Gasteiger partial charge in [0.15, 0.2) is 0 Å². The number of aliphatic hydroxyl groups excluding tert-OH is 1. The van der Waals surface area contributed by atoms with Crippen LogP contribution >= 0.6 is 0 Å². The molecular formula is C19H26N4O. The predicted octanol–water partition coefficient (Wildman–Crippen LogP) is 2.23. The Labute approximate surface area is 143 Å². The molecule has 24 heavy (non-hydrogen) atoms. The fourth-order valence-electron chi connectivity index (χ4n) is 3.61. The Hall–Kier alpha value is -1.85. The SMILES string of the molecule is Cc1cccc2c(N3CCN(CCO)CC3)ncc(NC3CC3)c12. The van der Waals surface area contributed by atoms with Crippen molar-refractivity contribution in [3.8, 4) is 0 Å². The summed E-state index contributed by atoms with van der Waals surface area (Å²) in [7, 11) is 0. The van der Waals surface area contributed by atoms with Gasteiger partial charge in [-0.2, -0.15) is 0 Å². The number of β-amino-alcohol motifs (C(OH)–C–C–N with tert-alkyl or cyclic N) is 1. The molecule has 0 atom stereocenters. The van der Waals surface area contributed by atoms with Gasteiger partial charge in [0.25, 0.3) is 0 Å². The highest BCUT2D eigenvalue weighted by Gasteiger charge is 2.24. The van der Waals surface area contributed by atoms with E-state index in [-0.39, 0.29) is 6.61 Å². The molecule has 0 bridgehead atoms. The van der Waals surface area contributed by atoms with Crippen molar-refractivity contribution in [3.05, 3.63) is 30.0 Å². The van der Waals surface area contributed by atoms with Crippen LogP contribution in [0, 0.1) is 6.92 Å². The number of pyridine rings is 1. The van der Waals surface area contributed by atoms with E-state index in [1.807, 2.05) is 6.20 Å². The molecule has 1 aliphatic heterocycles. The second kappa shape index (κ2) is 6.57. The number of aryl methyl sites for hydroxylation is 1. The summed E-state index contributed by atoms with van der Waals surface area (Å²) in [6.07, 6.45) is 4.55. The minimum absolute atomic E-state index is 0.238. The summed E-state index contributed by atoms with van der Waals surface area (Å²) in [6, 6.07) is 7.14. The lowest BCUT2D eigenvalue weighted by Crippen LogP contribution is -2.47. The molecule has 1 aromatic heterocycles. The molecule has 2 fully saturated rings. The summed E-state index contributed by atoms with van der Waals surface area (Å²) < 4.78 is 0. The van der Waals surface area contributed by atoms with Crippen LogP contribution in [0.25, 0.3) is 10.8 Å². The average Bonchev–Trinajstić information content (AvgIpc) is 3.40. The van der Waals surface area contributed by atoms with Crippen molar-refractivity contribution in [2.75, 3.05) is 49.5 Å². The average molecular weight is 326 g/mol. The van der Waals surface area contributed by atoms with Gasteiger partial charge in [0.05, 0.1) is 18.5 Å². The van der Waals surface area contributed by atoms with Crippen LogP contribution in [-0.4, -0.2) is 60.4 Å². The minimum Gasteiger partial charge on any atom is -0.395 e. The Kier molecular flexibility index (Phi) is 4.29. The van der Waals surface area contributed by atoms with Gasteiger partial charge < -0.3 is 15.3 Å². The molecule has 128 valence electrons. The van der Waals surface area contributed by atoms with Gasteiger partial charge in [0, 0.05) is 49.5 Å². The van der Waals surface area contributed by atoms with Crippen molar-refractivity contribution in [1.29, 1.82) is 0 Å². The number of hydrogen-bond donors (Lipinski definition) is 2. The number of rotatable bonds is 5. The van der Waals surface area contributed by atoms with E-state index in [0.29, 0.717) is 6.04 Å². The topological polar surface area (TPSA) is 51.6 Å². The van der Waals surface area contributed by atoms with Crippen molar-refractivity contribution in [2.24, 2.45) is 0 Å². The van der Waals surface area contributed by atoms with Crippen LogP contribution < -0.4 is 10.2 Å². The third-order valence-electron chi connectivity index (χ3n) is 5.12. The molecule has 0 spiro atoms. The number of nitrogens with zero attached hydrogens (tertiary/aromatic N) is 3. The van der Waals surface area contributed by atoms with Crippen LogP contribution in [0.4, 0.5) is 11.5 Å². The zero-order chi connectivity index (χ0) is 16.5. The Morgan fingerprint density at radius 2 is 2.00 bits per heavy atom. The number of benzene rings is 1. The van der Waals surface area contributed by atoms with Crippen molar-refractivity contribution >= 4 is 22.3 Å². The lowest BCUT2D eigenvalue weighted by molar-refractivity contribution is 0.188. The number of nitrogens with one attached hydrogen (secondary N) is 1. The first-order valence-electron chi connectivity index (χ1n) is 8.99. The van der Waals surface area contributed by atoms with Gasteiger partial charge in [-0.25, -0.2) is 4.98 Å². The number of piperazine rings is 1. The molecule has 2 aromatic rings. The Morgan fingerprint density at radius 1 is 1.21 bits per heavy atom. The molecule has 4 rings (SSSR count). The maximum Gasteiger partial charge on any atom is 0.136 e. The molecule has 1 aliphatic carbocycles. The quantitative estimate of drug-likeness (QED) is 0.882. The summed E-state index contributed by atoms with van der Waals surface area (Å²) in [4.78, 5) is 9.52. The molecule has 1 saturated heterocycles. The van der Waals surface area contributed by atoms with E-state index >= 15 is 0 Å². The van der Waals surface area contributed by atoms with Gasteiger partial charge in [-0.1, -0.05) is 18.2 Å². The normalized spacial score (nSPS) is 19.0. The number of aliphatic hydroxyl groups is 1. The molecule has 2 aliphatic rings. The lowest BCUT2D eigenvalue weighted by atomic mass is 10.0. The maximum absolute atomic E-state index is 9.11. The summed E-state index contributed by atoms with van der Waals surface area (Å²) in [5.41, 5.74) is 2.48. The van der Waals surface area contributed by atoms with E-state index < -0.39 is 0 Å². The van der Waals surface area contributed by atoms with Gasteiger partial charge in [-0.05, 0) is 25.3 Å². The number of aromatic nitrogens is 1. The van der Waals surface area contributed by atoms with E-state index in [2.05, 4.69) is 40.2 Å². The van der Waals surface area contributed by atoms with Crippen molar-refractivity contribution in [2.45, 2.75) is 25.8 Å². The fraction of sp³-hybridized carbons (Fsp3) is 0.526. The maximum atomic E-state index is 9.11. The van der Waals surface area contributed by atoms with E-state index in [1.165, 1.54) is 34.9 Å². The predicted molar refractivity (Wildman–Crippen MR) is 98.9 cm³/mol. The highest BCUT2D eigenvalue weighted by molar-refractivity contribution is 6.02. The van der Waals surface area contributed by atoms with Gasteiger partial charge >= 0.3 is 0 Å². The van der Waals surface area contributed by atoms with Crippen LogP contribution in [0.15, 0.2) is 24.4 Å². The molecule has 0 unspecified atom stereocenters. The van der Waals surface area contributed by atoms with E-state index in [1.54, 1.807) is 0 Å². The van der Waals surface area contributed by atoms with E-state index in [4.69, 9.17) is 10.1 Å². The van der Waals surface area contributed by atoms with Crippen molar-refractivity contribution in [1.82, 2.24) is 9.88 Å². The first-order valence-corrected chi connectivity index (χ1v) is 8.99.